The summed E-state index contributed by atoms with van der Waals surface area (Å²) in [6.45, 7) is 6.06. The highest BCUT2D eigenvalue weighted by atomic mass is 32.2. The van der Waals surface area contributed by atoms with Gasteiger partial charge in [0.05, 0.1) is 24.4 Å². The fourth-order valence-corrected chi connectivity index (χ4v) is 4.41. The quantitative estimate of drug-likeness (QED) is 0.236. The van der Waals surface area contributed by atoms with Gasteiger partial charge in [-0.15, -0.1) is 0 Å². The van der Waals surface area contributed by atoms with Gasteiger partial charge >= 0.3 is 6.09 Å². The lowest BCUT2D eigenvalue weighted by Gasteiger charge is -2.32. The van der Waals surface area contributed by atoms with Gasteiger partial charge in [-0.2, -0.15) is 0 Å². The van der Waals surface area contributed by atoms with Crippen LogP contribution in [0, 0.1) is 0 Å². The Kier molecular flexibility index (Phi) is 8.52. The van der Waals surface area contributed by atoms with Gasteiger partial charge in [0.2, 0.25) is 11.8 Å². The molecule has 0 spiro atoms. The molecule has 3 heterocycles. The molecule has 0 saturated heterocycles. The molecule has 0 aliphatic heterocycles. The molecule has 0 aliphatic rings. The first-order valence-corrected chi connectivity index (χ1v) is 13.0. The molecule has 0 bridgehead atoms. The van der Waals surface area contributed by atoms with Gasteiger partial charge in [-0.3, -0.25) is 0 Å². The number of aromatic nitrogens is 3. The van der Waals surface area contributed by atoms with E-state index in [0.717, 1.165) is 16.2 Å². The van der Waals surface area contributed by atoms with Crippen LogP contribution in [0.2, 0.25) is 0 Å². The van der Waals surface area contributed by atoms with E-state index in [0.29, 0.717) is 34.7 Å². The van der Waals surface area contributed by atoms with Crippen LogP contribution < -0.4 is 9.47 Å². The first kappa shape index (κ1) is 27.0. The first-order valence-electron chi connectivity index (χ1n) is 12.0. The summed E-state index contributed by atoms with van der Waals surface area (Å²) in [5, 5.41) is 10.3. The molecule has 0 radical (unpaired) electrons. The summed E-state index contributed by atoms with van der Waals surface area (Å²) < 4.78 is 17.2. The van der Waals surface area contributed by atoms with E-state index in [2.05, 4.69) is 9.97 Å². The second-order valence-corrected chi connectivity index (χ2v) is 10.3. The lowest BCUT2D eigenvalue weighted by Crippen LogP contribution is -2.46. The van der Waals surface area contributed by atoms with Crippen LogP contribution in [0.15, 0.2) is 76.4 Å². The Bertz CT molecular complexity index is 1340. The van der Waals surface area contributed by atoms with E-state index in [1.54, 1.807) is 37.3 Å². The van der Waals surface area contributed by atoms with Crippen molar-refractivity contribution < 1.29 is 23.8 Å². The van der Waals surface area contributed by atoms with E-state index >= 15 is 0 Å². The minimum Gasteiger partial charge on any atom is -0.492 e. The summed E-state index contributed by atoms with van der Waals surface area (Å²) in [7, 11) is 1.57. The van der Waals surface area contributed by atoms with Crippen molar-refractivity contribution >= 4 is 17.9 Å². The van der Waals surface area contributed by atoms with Crippen molar-refractivity contribution in [2.24, 2.45) is 0 Å². The molecule has 0 saturated carbocycles. The lowest BCUT2D eigenvalue weighted by molar-refractivity contribution is 0.0892. The molecule has 3 aromatic heterocycles. The molecule has 9 nitrogen and oxygen atoms in total. The number of hydrogen-bond donors (Lipinski definition) is 1. The second-order valence-electron chi connectivity index (χ2n) is 9.31. The van der Waals surface area contributed by atoms with E-state index in [1.807, 2.05) is 69.3 Å². The number of pyridine rings is 2. The number of ether oxygens (including phenoxy) is 2. The molecule has 0 unspecified atom stereocenters. The summed E-state index contributed by atoms with van der Waals surface area (Å²) in [5.41, 5.74) is 1.79. The fourth-order valence-electron chi connectivity index (χ4n) is 3.70. The normalized spacial score (nSPS) is 11.3. The van der Waals surface area contributed by atoms with Crippen LogP contribution in [0.25, 0.3) is 22.6 Å². The monoisotopic (exact) mass is 534 g/mol. The van der Waals surface area contributed by atoms with Gasteiger partial charge in [-0.25, -0.2) is 19.7 Å². The third kappa shape index (κ3) is 6.83. The van der Waals surface area contributed by atoms with Crippen LogP contribution in [-0.4, -0.2) is 56.9 Å². The number of hydrogen-bond acceptors (Lipinski definition) is 8. The van der Waals surface area contributed by atoms with Gasteiger partial charge < -0.3 is 23.9 Å². The summed E-state index contributed by atoms with van der Waals surface area (Å²) in [6, 6.07) is 16.9. The van der Waals surface area contributed by atoms with Crippen molar-refractivity contribution in [3.05, 3.63) is 72.9 Å². The van der Waals surface area contributed by atoms with Crippen molar-refractivity contribution in [2.45, 2.75) is 37.1 Å². The van der Waals surface area contributed by atoms with Gasteiger partial charge in [-0.1, -0.05) is 17.8 Å². The van der Waals surface area contributed by atoms with E-state index in [1.165, 1.54) is 4.90 Å². The average Bonchev–Trinajstić information content (AvgIpc) is 3.34. The van der Waals surface area contributed by atoms with Crippen LogP contribution in [-0.2, 0) is 5.75 Å². The molecule has 4 rings (SSSR count). The number of amides is 1. The van der Waals surface area contributed by atoms with Crippen LogP contribution in [0.3, 0.4) is 0 Å². The van der Waals surface area contributed by atoms with E-state index in [9.17, 15) is 9.90 Å². The molecule has 1 N–H and O–H groups in total. The zero-order chi connectivity index (χ0) is 27.1. The predicted molar refractivity (Wildman–Crippen MR) is 145 cm³/mol. The van der Waals surface area contributed by atoms with Crippen LogP contribution in [0.5, 0.6) is 11.6 Å². The maximum absolute atomic E-state index is 11.5. The number of benzene rings is 1. The van der Waals surface area contributed by atoms with Crippen molar-refractivity contribution in [3.63, 3.8) is 0 Å². The fraction of sp³-hybridized carbons (Fsp3) is 0.286. The Labute approximate surface area is 225 Å². The highest BCUT2D eigenvalue weighted by Gasteiger charge is 2.25. The van der Waals surface area contributed by atoms with Crippen LogP contribution >= 0.6 is 11.8 Å². The molecular weight excluding hydrogens is 504 g/mol. The molecule has 4 aromatic rings. The Morgan fingerprint density at radius 1 is 1.05 bits per heavy atom. The number of methoxy groups -OCH3 is 1. The van der Waals surface area contributed by atoms with E-state index < -0.39 is 11.6 Å². The molecule has 0 aliphatic carbocycles. The standard InChI is InChI=1S/C28H30N4O5S/c1-28(2,3)32(27(33)34)15-16-36-21-11-8-19(9-12-21)26-25(20-10-13-22(35-4)30-17-20)31-23(37-26)18-38-24-7-5-6-14-29-24/h5-14,17H,15-16,18H2,1-4H3,(H,33,34). The lowest BCUT2D eigenvalue weighted by atomic mass is 10.1. The Morgan fingerprint density at radius 3 is 2.42 bits per heavy atom. The summed E-state index contributed by atoms with van der Waals surface area (Å²) in [4.78, 5) is 26.3. The summed E-state index contributed by atoms with van der Waals surface area (Å²) in [6.07, 6.45) is 2.49. The SMILES string of the molecule is COc1ccc(-c2nc(CSc3ccccn3)oc2-c2ccc(OCCN(C(=O)O)C(C)(C)C)cc2)cn1. The molecule has 1 amide bonds. The third-order valence-corrected chi connectivity index (χ3v) is 6.54. The number of carboxylic acid groups (broad SMARTS) is 1. The number of thioether (sulfide) groups is 1. The first-order chi connectivity index (χ1) is 18.2. The molecular formula is C28H30N4O5S. The average molecular weight is 535 g/mol. The number of nitrogens with zero attached hydrogens (tertiary/aromatic N) is 4. The Hall–Kier alpha value is -4.05. The highest BCUT2D eigenvalue weighted by molar-refractivity contribution is 7.98. The Morgan fingerprint density at radius 2 is 1.82 bits per heavy atom. The molecule has 0 atom stereocenters. The minimum atomic E-state index is -0.973. The predicted octanol–water partition coefficient (Wildman–Crippen LogP) is 6.26. The number of carbonyl (C=O) groups is 1. The van der Waals surface area contributed by atoms with Crippen molar-refractivity contribution in [2.75, 3.05) is 20.3 Å². The zero-order valence-corrected chi connectivity index (χ0v) is 22.6. The maximum Gasteiger partial charge on any atom is 0.407 e. The van der Waals surface area contributed by atoms with Gasteiger partial charge in [0.1, 0.15) is 18.1 Å². The Balaban J connectivity index is 1.53. The van der Waals surface area contributed by atoms with Crippen molar-refractivity contribution in [1.29, 1.82) is 0 Å². The molecule has 198 valence electrons. The number of rotatable bonds is 10. The molecule has 38 heavy (non-hydrogen) atoms. The summed E-state index contributed by atoms with van der Waals surface area (Å²) >= 11 is 1.54. The van der Waals surface area contributed by atoms with Crippen molar-refractivity contribution in [1.82, 2.24) is 19.9 Å². The second kappa shape index (κ2) is 12.0. The zero-order valence-electron chi connectivity index (χ0n) is 21.7. The minimum absolute atomic E-state index is 0.239. The van der Waals surface area contributed by atoms with Gasteiger partial charge in [0.25, 0.3) is 0 Å². The molecule has 10 heteroatoms. The van der Waals surface area contributed by atoms with Crippen LogP contribution in [0.1, 0.15) is 26.7 Å². The molecule has 0 fully saturated rings. The maximum atomic E-state index is 11.5. The third-order valence-electron chi connectivity index (χ3n) is 5.61. The highest BCUT2D eigenvalue weighted by Crippen LogP contribution is 2.35. The summed E-state index contributed by atoms with van der Waals surface area (Å²) in [5.74, 6) is 2.84. The topological polar surface area (TPSA) is 111 Å². The van der Waals surface area contributed by atoms with Gasteiger partial charge in [0.15, 0.2) is 5.76 Å². The van der Waals surface area contributed by atoms with Gasteiger partial charge in [0, 0.05) is 35.1 Å². The van der Waals surface area contributed by atoms with E-state index in [-0.39, 0.29) is 13.2 Å². The van der Waals surface area contributed by atoms with E-state index in [4.69, 9.17) is 18.9 Å². The smallest absolute Gasteiger partial charge is 0.407 e. The van der Waals surface area contributed by atoms with Crippen molar-refractivity contribution in [3.8, 4) is 34.2 Å². The molecule has 1 aromatic carbocycles. The number of oxazole rings is 1. The van der Waals surface area contributed by atoms with Crippen LogP contribution in [0.4, 0.5) is 4.79 Å². The largest absolute Gasteiger partial charge is 0.492 e. The van der Waals surface area contributed by atoms with Gasteiger partial charge in [-0.05, 0) is 63.2 Å².